The monoisotopic (exact) mass is 299 g/mol. The summed E-state index contributed by atoms with van der Waals surface area (Å²) in [7, 11) is 0. The third-order valence-electron chi connectivity index (χ3n) is 1.97. The maximum absolute atomic E-state index is 4.37. The third-order valence-corrected chi connectivity index (χ3v) is 3.57. The van der Waals surface area contributed by atoms with E-state index in [0.29, 0.717) is 0 Å². The first-order valence-corrected chi connectivity index (χ1v) is 5.49. The van der Waals surface area contributed by atoms with Crippen molar-refractivity contribution in [3.05, 3.63) is 39.0 Å². The molecule has 0 atom stereocenters. The number of fused-ring (bicyclic) bond motifs is 1. The van der Waals surface area contributed by atoms with Gasteiger partial charge in [-0.3, -0.25) is 0 Å². The first-order valence-electron chi connectivity index (χ1n) is 3.90. The third kappa shape index (κ3) is 1.51. The van der Waals surface area contributed by atoms with Crippen LogP contribution in [-0.4, -0.2) is 4.98 Å². The van der Waals surface area contributed by atoms with Crippen LogP contribution in [0.1, 0.15) is 5.69 Å². The fraction of sp³-hybridized carbons (Fsp3) is 0.100. The van der Waals surface area contributed by atoms with Gasteiger partial charge < -0.3 is 0 Å². The molecule has 1 aromatic heterocycles. The van der Waals surface area contributed by atoms with Crippen molar-refractivity contribution < 1.29 is 0 Å². The summed E-state index contributed by atoms with van der Waals surface area (Å²) in [5.74, 6) is 0. The Morgan fingerprint density at radius 2 is 1.69 bits per heavy atom. The van der Waals surface area contributed by atoms with Crippen molar-refractivity contribution in [1.82, 2.24) is 4.98 Å². The second-order valence-corrected chi connectivity index (χ2v) is 4.39. The van der Waals surface area contributed by atoms with Crippen LogP contribution in [0.15, 0.2) is 33.3 Å². The summed E-state index contributed by atoms with van der Waals surface area (Å²) >= 11 is 6.98. The largest absolute Gasteiger partial charge is 0.244 e. The summed E-state index contributed by atoms with van der Waals surface area (Å²) in [6.45, 7) is 1.99. The first kappa shape index (κ1) is 9.16. The number of pyridine rings is 1. The van der Waals surface area contributed by atoms with Crippen molar-refractivity contribution in [2.24, 2.45) is 0 Å². The lowest BCUT2D eigenvalue weighted by Crippen LogP contribution is -1.87. The maximum Gasteiger partial charge on any atom is 0.114 e. The normalized spacial score (nSPS) is 10.7. The minimum atomic E-state index is 0.906. The van der Waals surface area contributed by atoms with Gasteiger partial charge in [0, 0.05) is 15.2 Å². The van der Waals surface area contributed by atoms with Crippen LogP contribution in [0.3, 0.4) is 0 Å². The van der Waals surface area contributed by atoms with Crippen molar-refractivity contribution in [2.75, 3.05) is 0 Å². The van der Waals surface area contributed by atoms with Crippen LogP contribution in [0, 0.1) is 6.92 Å². The number of nitrogens with zero attached hydrogens (tertiary/aromatic N) is 1. The van der Waals surface area contributed by atoms with Crippen LogP contribution in [-0.2, 0) is 0 Å². The van der Waals surface area contributed by atoms with E-state index in [4.69, 9.17) is 0 Å². The molecular formula is C10H7Br2N. The smallest absolute Gasteiger partial charge is 0.114 e. The van der Waals surface area contributed by atoms with Crippen LogP contribution in [0.2, 0.25) is 0 Å². The molecule has 0 radical (unpaired) electrons. The Bertz CT molecular complexity index is 466. The fourth-order valence-electron chi connectivity index (χ4n) is 1.31. The summed E-state index contributed by atoms with van der Waals surface area (Å²) in [5, 5.41) is 2.34. The molecule has 1 aromatic carbocycles. The van der Waals surface area contributed by atoms with Gasteiger partial charge in [0.1, 0.15) is 4.60 Å². The molecular weight excluding hydrogens is 294 g/mol. The van der Waals surface area contributed by atoms with Gasteiger partial charge in [0.25, 0.3) is 0 Å². The van der Waals surface area contributed by atoms with Crippen LogP contribution >= 0.6 is 31.9 Å². The quantitative estimate of drug-likeness (QED) is 0.668. The van der Waals surface area contributed by atoms with Crippen LogP contribution in [0.4, 0.5) is 0 Å². The van der Waals surface area contributed by atoms with Gasteiger partial charge >= 0.3 is 0 Å². The van der Waals surface area contributed by atoms with Gasteiger partial charge in [-0.05, 0) is 38.8 Å². The lowest BCUT2D eigenvalue weighted by molar-refractivity contribution is 1.18. The lowest BCUT2D eigenvalue weighted by Gasteiger charge is -2.04. The lowest BCUT2D eigenvalue weighted by atomic mass is 10.1. The van der Waals surface area contributed by atoms with Crippen molar-refractivity contribution in [2.45, 2.75) is 6.92 Å². The summed E-state index contributed by atoms with van der Waals surface area (Å²) in [6.07, 6.45) is 0. The Morgan fingerprint density at radius 1 is 1.08 bits per heavy atom. The number of aryl methyl sites for hydroxylation is 1. The van der Waals surface area contributed by atoms with E-state index in [2.05, 4.69) is 49.0 Å². The average molecular weight is 301 g/mol. The van der Waals surface area contributed by atoms with Crippen molar-refractivity contribution in [3.8, 4) is 0 Å². The summed E-state index contributed by atoms with van der Waals surface area (Å²) in [4.78, 5) is 4.37. The number of benzene rings is 1. The van der Waals surface area contributed by atoms with E-state index in [-0.39, 0.29) is 0 Å². The predicted octanol–water partition coefficient (Wildman–Crippen LogP) is 4.07. The van der Waals surface area contributed by atoms with E-state index in [9.17, 15) is 0 Å². The highest BCUT2D eigenvalue weighted by atomic mass is 79.9. The molecule has 0 saturated carbocycles. The molecule has 1 nitrogen and oxygen atoms in total. The molecule has 0 aliphatic carbocycles. The van der Waals surface area contributed by atoms with Crippen LogP contribution in [0.5, 0.6) is 0 Å². The first-order chi connectivity index (χ1) is 6.20. The molecule has 3 heteroatoms. The van der Waals surface area contributed by atoms with Gasteiger partial charge in [-0.2, -0.15) is 0 Å². The minimum Gasteiger partial charge on any atom is -0.244 e. The Kier molecular flexibility index (Phi) is 2.39. The number of halogens is 2. The molecule has 0 N–H and O–H groups in total. The number of rotatable bonds is 0. The van der Waals surface area contributed by atoms with Crippen molar-refractivity contribution in [3.63, 3.8) is 0 Å². The van der Waals surface area contributed by atoms with E-state index in [0.717, 1.165) is 20.2 Å². The van der Waals surface area contributed by atoms with Crippen LogP contribution in [0.25, 0.3) is 10.8 Å². The van der Waals surface area contributed by atoms with Gasteiger partial charge in [-0.1, -0.05) is 24.3 Å². The topological polar surface area (TPSA) is 12.9 Å². The van der Waals surface area contributed by atoms with E-state index in [1.165, 1.54) is 5.39 Å². The molecule has 0 saturated heterocycles. The Hall–Kier alpha value is -0.410. The van der Waals surface area contributed by atoms with E-state index >= 15 is 0 Å². The number of hydrogen-bond acceptors (Lipinski definition) is 1. The molecule has 0 aliphatic heterocycles. The molecule has 1 heterocycles. The van der Waals surface area contributed by atoms with Crippen molar-refractivity contribution in [1.29, 1.82) is 0 Å². The van der Waals surface area contributed by atoms with Gasteiger partial charge in [0.15, 0.2) is 0 Å². The van der Waals surface area contributed by atoms with Crippen LogP contribution < -0.4 is 0 Å². The molecule has 0 unspecified atom stereocenters. The molecule has 0 spiro atoms. The fourth-order valence-corrected chi connectivity index (χ4v) is 2.35. The van der Waals surface area contributed by atoms with Crippen molar-refractivity contribution >= 4 is 42.6 Å². The Balaban J connectivity index is 2.97. The van der Waals surface area contributed by atoms with E-state index < -0.39 is 0 Å². The zero-order valence-electron chi connectivity index (χ0n) is 7.01. The summed E-state index contributed by atoms with van der Waals surface area (Å²) in [5.41, 5.74) is 1.01. The van der Waals surface area contributed by atoms with Gasteiger partial charge in [-0.15, -0.1) is 0 Å². The highest BCUT2D eigenvalue weighted by Crippen LogP contribution is 2.30. The molecule has 0 amide bonds. The second kappa shape index (κ2) is 3.39. The van der Waals surface area contributed by atoms with E-state index in [1.54, 1.807) is 0 Å². The highest BCUT2D eigenvalue weighted by molar-refractivity contribution is 9.11. The molecule has 0 fully saturated rings. The summed E-state index contributed by atoms with van der Waals surface area (Å²) in [6, 6.07) is 8.17. The number of aromatic nitrogens is 1. The molecule has 2 aromatic rings. The Morgan fingerprint density at radius 3 is 2.38 bits per heavy atom. The molecule has 0 bridgehead atoms. The standard InChI is InChI=1S/C10H7Br2N/c1-6-9(11)7-4-2-3-5-8(7)10(12)13-6/h2-5H,1H3. The van der Waals surface area contributed by atoms with Gasteiger partial charge in [0.05, 0.1) is 5.69 Å². The highest BCUT2D eigenvalue weighted by Gasteiger charge is 2.05. The van der Waals surface area contributed by atoms with Gasteiger partial charge in [-0.25, -0.2) is 4.98 Å². The second-order valence-electron chi connectivity index (χ2n) is 2.85. The summed E-state index contributed by atoms with van der Waals surface area (Å²) < 4.78 is 1.98. The zero-order valence-corrected chi connectivity index (χ0v) is 10.2. The van der Waals surface area contributed by atoms with E-state index in [1.807, 2.05) is 19.1 Å². The molecule has 0 aliphatic rings. The van der Waals surface area contributed by atoms with Gasteiger partial charge in [0.2, 0.25) is 0 Å². The number of hydrogen-bond donors (Lipinski definition) is 0. The maximum atomic E-state index is 4.37. The molecule has 66 valence electrons. The minimum absolute atomic E-state index is 0.906. The molecule has 13 heavy (non-hydrogen) atoms. The SMILES string of the molecule is Cc1nc(Br)c2ccccc2c1Br. The predicted molar refractivity (Wildman–Crippen MR) is 61.9 cm³/mol. The molecule has 2 rings (SSSR count). The average Bonchev–Trinajstić information content (AvgIpc) is 2.15. The Labute approximate surface area is 93.4 Å². The zero-order chi connectivity index (χ0) is 9.42.